The number of nitrogens with zero attached hydrogens (tertiary/aromatic N) is 1. The van der Waals surface area contributed by atoms with Crippen molar-refractivity contribution in [1.29, 1.82) is 0 Å². The van der Waals surface area contributed by atoms with E-state index < -0.39 is 17.9 Å². The molecule has 1 aliphatic heterocycles. The van der Waals surface area contributed by atoms with Crippen molar-refractivity contribution in [2.45, 2.75) is 25.8 Å². The van der Waals surface area contributed by atoms with E-state index in [0.29, 0.717) is 31.0 Å². The van der Waals surface area contributed by atoms with Crippen LogP contribution in [0.4, 0.5) is 0 Å². The molecule has 1 aromatic rings. The SMILES string of the molecule is CCCOc1ccccc1C(=O)NC(=S)N1CCNC(=O)C1CC(=O)OC. The second-order valence-corrected chi connectivity index (χ2v) is 6.27. The van der Waals surface area contributed by atoms with Crippen LogP contribution in [0.3, 0.4) is 0 Å². The molecule has 0 saturated carbocycles. The Labute approximate surface area is 163 Å². The van der Waals surface area contributed by atoms with E-state index in [2.05, 4.69) is 15.4 Å². The quantitative estimate of drug-likeness (QED) is 0.546. The first-order valence-electron chi connectivity index (χ1n) is 8.66. The summed E-state index contributed by atoms with van der Waals surface area (Å²) in [4.78, 5) is 37.9. The number of carbonyl (C=O) groups excluding carboxylic acids is 3. The maximum Gasteiger partial charge on any atom is 0.308 e. The van der Waals surface area contributed by atoms with E-state index in [1.54, 1.807) is 24.3 Å². The summed E-state index contributed by atoms with van der Waals surface area (Å²) in [5, 5.41) is 5.39. The van der Waals surface area contributed by atoms with E-state index >= 15 is 0 Å². The number of amides is 2. The van der Waals surface area contributed by atoms with Gasteiger partial charge < -0.3 is 19.7 Å². The molecule has 0 aliphatic carbocycles. The molecule has 1 heterocycles. The number of methoxy groups -OCH3 is 1. The van der Waals surface area contributed by atoms with Crippen molar-refractivity contribution < 1.29 is 23.9 Å². The zero-order chi connectivity index (χ0) is 19.8. The summed E-state index contributed by atoms with van der Waals surface area (Å²) in [5.41, 5.74) is 0.347. The molecule has 27 heavy (non-hydrogen) atoms. The number of para-hydroxylation sites is 1. The van der Waals surface area contributed by atoms with Gasteiger partial charge in [0.1, 0.15) is 11.8 Å². The average Bonchev–Trinajstić information content (AvgIpc) is 2.67. The van der Waals surface area contributed by atoms with E-state index in [1.807, 2.05) is 6.92 Å². The molecule has 0 bridgehead atoms. The fourth-order valence-electron chi connectivity index (χ4n) is 2.63. The molecule has 9 heteroatoms. The van der Waals surface area contributed by atoms with Crippen molar-refractivity contribution in [3.63, 3.8) is 0 Å². The number of nitrogens with one attached hydrogen (secondary N) is 2. The zero-order valence-corrected chi connectivity index (χ0v) is 16.1. The van der Waals surface area contributed by atoms with E-state index in [-0.39, 0.29) is 17.4 Å². The Morgan fingerprint density at radius 1 is 1.37 bits per heavy atom. The molecule has 1 atom stereocenters. The molecule has 2 N–H and O–H groups in total. The van der Waals surface area contributed by atoms with Crippen LogP contribution in [0.25, 0.3) is 0 Å². The summed E-state index contributed by atoms with van der Waals surface area (Å²) in [6.45, 7) is 3.20. The Bertz CT molecular complexity index is 725. The van der Waals surface area contributed by atoms with Gasteiger partial charge in [-0.05, 0) is 30.8 Å². The van der Waals surface area contributed by atoms with Gasteiger partial charge in [0, 0.05) is 13.1 Å². The number of esters is 1. The van der Waals surface area contributed by atoms with Crippen molar-refractivity contribution >= 4 is 35.1 Å². The lowest BCUT2D eigenvalue weighted by molar-refractivity contribution is -0.144. The van der Waals surface area contributed by atoms with Gasteiger partial charge in [-0.2, -0.15) is 0 Å². The zero-order valence-electron chi connectivity index (χ0n) is 15.3. The Kier molecular flexibility index (Phi) is 7.54. The van der Waals surface area contributed by atoms with Crippen LogP contribution < -0.4 is 15.4 Å². The fourth-order valence-corrected chi connectivity index (χ4v) is 2.94. The van der Waals surface area contributed by atoms with Crippen LogP contribution in [-0.4, -0.2) is 60.6 Å². The molecular weight excluding hydrogens is 370 g/mol. The minimum atomic E-state index is -0.828. The Hall–Kier alpha value is -2.68. The second kappa shape index (κ2) is 9.86. The van der Waals surface area contributed by atoms with Crippen molar-refractivity contribution in [1.82, 2.24) is 15.5 Å². The molecule has 1 fully saturated rings. The average molecular weight is 393 g/mol. The Balaban J connectivity index is 2.11. The second-order valence-electron chi connectivity index (χ2n) is 5.88. The molecule has 0 aromatic heterocycles. The number of thiocarbonyl (C=S) groups is 1. The van der Waals surface area contributed by atoms with Gasteiger partial charge in [0.15, 0.2) is 5.11 Å². The highest BCUT2D eigenvalue weighted by Crippen LogP contribution is 2.18. The first-order valence-corrected chi connectivity index (χ1v) is 9.07. The largest absolute Gasteiger partial charge is 0.493 e. The molecule has 8 nitrogen and oxygen atoms in total. The Morgan fingerprint density at radius 2 is 2.11 bits per heavy atom. The van der Waals surface area contributed by atoms with Gasteiger partial charge in [-0.1, -0.05) is 19.1 Å². The van der Waals surface area contributed by atoms with Gasteiger partial charge in [-0.3, -0.25) is 19.7 Å². The van der Waals surface area contributed by atoms with Crippen LogP contribution in [0.2, 0.25) is 0 Å². The summed E-state index contributed by atoms with van der Waals surface area (Å²) in [6.07, 6.45) is 0.654. The Morgan fingerprint density at radius 3 is 2.81 bits per heavy atom. The number of rotatable bonds is 6. The molecule has 2 rings (SSSR count). The highest BCUT2D eigenvalue weighted by molar-refractivity contribution is 7.80. The number of hydrogen-bond acceptors (Lipinski definition) is 6. The van der Waals surface area contributed by atoms with Gasteiger partial charge in [0.2, 0.25) is 5.91 Å². The van der Waals surface area contributed by atoms with Crippen LogP contribution >= 0.6 is 12.2 Å². The first-order chi connectivity index (χ1) is 13.0. The smallest absolute Gasteiger partial charge is 0.308 e. The fraction of sp³-hybridized carbons (Fsp3) is 0.444. The third-order valence-corrected chi connectivity index (χ3v) is 4.33. The standard InChI is InChI=1S/C18H23N3O5S/c1-3-10-26-14-7-5-4-6-12(14)16(23)20-18(27)21-9-8-19-17(24)13(21)11-15(22)25-2/h4-7,13H,3,8-11H2,1-2H3,(H,19,24)(H,20,23,27). The summed E-state index contributed by atoms with van der Waals surface area (Å²) in [7, 11) is 1.25. The number of hydrogen-bond donors (Lipinski definition) is 2. The normalized spacial score (nSPS) is 16.3. The maximum atomic E-state index is 12.7. The summed E-state index contributed by atoms with van der Waals surface area (Å²) < 4.78 is 10.2. The van der Waals surface area contributed by atoms with Gasteiger partial charge in [0.25, 0.3) is 5.91 Å². The number of ether oxygens (including phenoxy) is 2. The highest BCUT2D eigenvalue weighted by Gasteiger charge is 2.34. The van der Waals surface area contributed by atoms with E-state index in [0.717, 1.165) is 6.42 Å². The van der Waals surface area contributed by atoms with Crippen LogP contribution in [0.1, 0.15) is 30.1 Å². The first kappa shape index (κ1) is 20.6. The van der Waals surface area contributed by atoms with Gasteiger partial charge >= 0.3 is 5.97 Å². The van der Waals surface area contributed by atoms with E-state index in [4.69, 9.17) is 17.0 Å². The number of piperazine rings is 1. The number of benzene rings is 1. The minimum Gasteiger partial charge on any atom is -0.493 e. The molecular formula is C18H23N3O5S. The van der Waals surface area contributed by atoms with E-state index in [9.17, 15) is 14.4 Å². The third-order valence-electron chi connectivity index (χ3n) is 3.99. The summed E-state index contributed by atoms with van der Waals surface area (Å²) in [5.74, 6) is -0.846. The van der Waals surface area contributed by atoms with Gasteiger partial charge in [-0.15, -0.1) is 0 Å². The molecule has 146 valence electrons. The molecule has 0 spiro atoms. The molecule has 1 saturated heterocycles. The highest BCUT2D eigenvalue weighted by atomic mass is 32.1. The lowest BCUT2D eigenvalue weighted by atomic mass is 10.1. The van der Waals surface area contributed by atoms with Gasteiger partial charge in [-0.25, -0.2) is 0 Å². The lowest BCUT2D eigenvalue weighted by Gasteiger charge is -2.36. The van der Waals surface area contributed by atoms with Crippen molar-refractivity contribution in [2.24, 2.45) is 0 Å². The number of carbonyl (C=O) groups is 3. The monoisotopic (exact) mass is 393 g/mol. The maximum absolute atomic E-state index is 12.7. The van der Waals surface area contributed by atoms with Crippen molar-refractivity contribution in [2.75, 3.05) is 26.8 Å². The van der Waals surface area contributed by atoms with Crippen LogP contribution in [0, 0.1) is 0 Å². The third kappa shape index (κ3) is 5.40. The molecule has 0 radical (unpaired) electrons. The predicted octanol–water partition coefficient (Wildman–Crippen LogP) is 0.854. The van der Waals surface area contributed by atoms with Crippen molar-refractivity contribution in [3.8, 4) is 5.75 Å². The van der Waals surface area contributed by atoms with E-state index in [1.165, 1.54) is 12.0 Å². The predicted molar refractivity (Wildman–Crippen MR) is 102 cm³/mol. The van der Waals surface area contributed by atoms with Crippen LogP contribution in [0.5, 0.6) is 5.75 Å². The summed E-state index contributed by atoms with van der Waals surface area (Å²) >= 11 is 5.32. The summed E-state index contributed by atoms with van der Waals surface area (Å²) in [6, 6.07) is 6.03. The lowest BCUT2D eigenvalue weighted by Crippen LogP contribution is -2.60. The van der Waals surface area contributed by atoms with Gasteiger partial charge in [0.05, 0.1) is 25.7 Å². The molecule has 2 amide bonds. The molecule has 1 aliphatic rings. The van der Waals surface area contributed by atoms with Crippen LogP contribution in [-0.2, 0) is 14.3 Å². The molecule has 1 aromatic carbocycles. The topological polar surface area (TPSA) is 97.0 Å². The van der Waals surface area contributed by atoms with Crippen molar-refractivity contribution in [3.05, 3.63) is 29.8 Å². The van der Waals surface area contributed by atoms with Crippen LogP contribution in [0.15, 0.2) is 24.3 Å². The minimum absolute atomic E-state index is 0.0778. The molecule has 1 unspecified atom stereocenters.